The van der Waals surface area contributed by atoms with Crippen LogP contribution in [0.5, 0.6) is 0 Å². The first kappa shape index (κ1) is 13.5. The van der Waals surface area contributed by atoms with Gasteiger partial charge in [0.2, 0.25) is 11.8 Å². The van der Waals surface area contributed by atoms with Gasteiger partial charge in [0.05, 0.1) is 12.5 Å². The van der Waals surface area contributed by atoms with E-state index >= 15 is 0 Å². The number of hydrogen-bond donors (Lipinski definition) is 0. The number of carbonyl (C=O) groups excluding carboxylic acids is 1. The van der Waals surface area contributed by atoms with E-state index in [0.29, 0.717) is 18.3 Å². The van der Waals surface area contributed by atoms with Crippen LogP contribution >= 0.6 is 0 Å². The second kappa shape index (κ2) is 5.52. The molecule has 0 spiro atoms. The second-order valence-corrected chi connectivity index (χ2v) is 6.12. The molecule has 0 aromatic carbocycles. The summed E-state index contributed by atoms with van der Waals surface area (Å²) in [5.41, 5.74) is 0. The van der Waals surface area contributed by atoms with Crippen LogP contribution < -0.4 is 0 Å². The van der Waals surface area contributed by atoms with Gasteiger partial charge in [-0.2, -0.15) is 4.98 Å². The molecule has 1 aromatic heterocycles. The van der Waals surface area contributed by atoms with Gasteiger partial charge in [-0.3, -0.25) is 9.69 Å². The fraction of sp³-hybridized carbons (Fsp3) is 0.786. The van der Waals surface area contributed by atoms with Crippen LogP contribution in [0.4, 0.5) is 0 Å². The summed E-state index contributed by atoms with van der Waals surface area (Å²) in [4.78, 5) is 20.5. The summed E-state index contributed by atoms with van der Waals surface area (Å²) in [6, 6.07) is 0. The van der Waals surface area contributed by atoms with E-state index in [9.17, 15) is 4.79 Å². The predicted molar refractivity (Wildman–Crippen MR) is 73.2 cm³/mol. The van der Waals surface area contributed by atoms with Crippen molar-refractivity contribution in [2.24, 2.45) is 5.92 Å². The Morgan fingerprint density at radius 3 is 2.90 bits per heavy atom. The van der Waals surface area contributed by atoms with Gasteiger partial charge in [0.1, 0.15) is 0 Å². The zero-order valence-corrected chi connectivity index (χ0v) is 12.2. The minimum Gasteiger partial charge on any atom is -0.344 e. The third kappa shape index (κ3) is 3.17. The summed E-state index contributed by atoms with van der Waals surface area (Å²) >= 11 is 0. The summed E-state index contributed by atoms with van der Waals surface area (Å²) < 4.78 is 5.23. The van der Waals surface area contributed by atoms with Gasteiger partial charge < -0.3 is 9.42 Å². The maximum Gasteiger partial charge on any atom is 0.236 e. The Labute approximate surface area is 119 Å². The highest BCUT2D eigenvalue weighted by Crippen LogP contribution is 2.29. The maximum absolute atomic E-state index is 12.1. The molecule has 0 radical (unpaired) electrons. The summed E-state index contributed by atoms with van der Waals surface area (Å²) in [6.07, 6.45) is 3.54. The molecular weight excluding hydrogens is 256 g/mol. The smallest absolute Gasteiger partial charge is 0.236 e. The van der Waals surface area contributed by atoms with Crippen molar-refractivity contribution >= 4 is 5.91 Å². The number of nitrogens with zero attached hydrogens (tertiary/aromatic N) is 4. The molecule has 1 atom stereocenters. The number of amides is 1. The average Bonchev–Trinajstić information content (AvgIpc) is 2.93. The molecule has 1 aliphatic heterocycles. The van der Waals surface area contributed by atoms with E-state index in [4.69, 9.17) is 4.52 Å². The van der Waals surface area contributed by atoms with Crippen molar-refractivity contribution in [3.05, 3.63) is 11.7 Å². The first-order valence-corrected chi connectivity index (χ1v) is 7.38. The zero-order valence-electron chi connectivity index (χ0n) is 12.2. The Bertz CT molecular complexity index is 483. The SMILES string of the molecule is Cc1noc(C2CCN(CC(=O)N(C)CC3CC3)C2)n1. The Morgan fingerprint density at radius 2 is 2.25 bits per heavy atom. The number of carbonyl (C=O) groups is 1. The molecule has 1 saturated carbocycles. The second-order valence-electron chi connectivity index (χ2n) is 6.12. The summed E-state index contributed by atoms with van der Waals surface area (Å²) in [6.45, 7) is 5.02. The summed E-state index contributed by atoms with van der Waals surface area (Å²) in [5.74, 6) is 2.64. The van der Waals surface area contributed by atoms with E-state index < -0.39 is 0 Å². The van der Waals surface area contributed by atoms with Gasteiger partial charge in [0, 0.05) is 20.1 Å². The lowest BCUT2D eigenvalue weighted by Gasteiger charge is -2.21. The molecule has 0 N–H and O–H groups in total. The lowest BCUT2D eigenvalue weighted by atomic mass is 10.1. The molecule has 1 aromatic rings. The molecule has 1 aliphatic carbocycles. The van der Waals surface area contributed by atoms with E-state index in [2.05, 4.69) is 15.0 Å². The van der Waals surface area contributed by atoms with Gasteiger partial charge in [0.15, 0.2) is 5.82 Å². The van der Waals surface area contributed by atoms with Crippen LogP contribution in [0.25, 0.3) is 0 Å². The monoisotopic (exact) mass is 278 g/mol. The molecule has 1 unspecified atom stereocenters. The number of aryl methyl sites for hydroxylation is 1. The van der Waals surface area contributed by atoms with Crippen LogP contribution in [-0.2, 0) is 4.79 Å². The predicted octanol–water partition coefficient (Wildman–Crippen LogP) is 1.04. The Balaban J connectivity index is 1.48. The summed E-state index contributed by atoms with van der Waals surface area (Å²) in [5, 5.41) is 3.84. The Morgan fingerprint density at radius 1 is 1.45 bits per heavy atom. The highest BCUT2D eigenvalue weighted by Gasteiger charge is 2.30. The number of likely N-dealkylation sites (tertiary alicyclic amines) is 1. The molecule has 2 heterocycles. The van der Waals surface area contributed by atoms with Crippen molar-refractivity contribution in [1.82, 2.24) is 19.9 Å². The molecule has 110 valence electrons. The molecule has 1 amide bonds. The van der Waals surface area contributed by atoms with Crippen LogP contribution in [0.1, 0.15) is 36.9 Å². The molecule has 1 saturated heterocycles. The highest BCUT2D eigenvalue weighted by molar-refractivity contribution is 5.78. The first-order valence-electron chi connectivity index (χ1n) is 7.38. The minimum atomic E-state index is 0.222. The van der Waals surface area contributed by atoms with Crippen LogP contribution in [0, 0.1) is 12.8 Å². The highest BCUT2D eigenvalue weighted by atomic mass is 16.5. The quantitative estimate of drug-likeness (QED) is 0.805. The molecule has 3 rings (SSSR count). The number of rotatable bonds is 5. The van der Waals surface area contributed by atoms with E-state index in [-0.39, 0.29) is 11.8 Å². The minimum absolute atomic E-state index is 0.222. The first-order chi connectivity index (χ1) is 9.61. The fourth-order valence-corrected chi connectivity index (χ4v) is 2.76. The standard InChI is InChI=1S/C14H22N4O2/c1-10-15-14(20-16-10)12-5-6-18(8-12)9-13(19)17(2)7-11-3-4-11/h11-12H,3-9H2,1-2H3. The van der Waals surface area contributed by atoms with Crippen molar-refractivity contribution in [3.8, 4) is 0 Å². The van der Waals surface area contributed by atoms with E-state index in [0.717, 1.165) is 32.0 Å². The lowest BCUT2D eigenvalue weighted by molar-refractivity contribution is -0.131. The number of likely N-dealkylation sites (N-methyl/N-ethyl adjacent to an activating group) is 1. The van der Waals surface area contributed by atoms with Gasteiger partial charge >= 0.3 is 0 Å². The van der Waals surface area contributed by atoms with Crippen molar-refractivity contribution in [2.75, 3.05) is 33.2 Å². The fourth-order valence-electron chi connectivity index (χ4n) is 2.76. The third-order valence-corrected chi connectivity index (χ3v) is 4.18. The van der Waals surface area contributed by atoms with Gasteiger partial charge in [-0.05, 0) is 38.6 Å². The molecular formula is C14H22N4O2. The molecule has 6 heteroatoms. The van der Waals surface area contributed by atoms with Gasteiger partial charge in [-0.1, -0.05) is 5.16 Å². The lowest BCUT2D eigenvalue weighted by Crippen LogP contribution is -2.38. The number of aromatic nitrogens is 2. The van der Waals surface area contributed by atoms with E-state index in [1.165, 1.54) is 12.8 Å². The van der Waals surface area contributed by atoms with Crippen LogP contribution in [0.2, 0.25) is 0 Å². The molecule has 2 aliphatic rings. The third-order valence-electron chi connectivity index (χ3n) is 4.18. The summed E-state index contributed by atoms with van der Waals surface area (Å²) in [7, 11) is 1.91. The van der Waals surface area contributed by atoms with Crippen molar-refractivity contribution < 1.29 is 9.32 Å². The topological polar surface area (TPSA) is 62.5 Å². The Hall–Kier alpha value is -1.43. The molecule has 2 fully saturated rings. The average molecular weight is 278 g/mol. The van der Waals surface area contributed by atoms with Crippen LogP contribution in [-0.4, -0.2) is 59.1 Å². The molecule has 0 bridgehead atoms. The van der Waals surface area contributed by atoms with Gasteiger partial charge in [-0.15, -0.1) is 0 Å². The van der Waals surface area contributed by atoms with Crippen molar-refractivity contribution in [3.63, 3.8) is 0 Å². The van der Waals surface area contributed by atoms with E-state index in [1.807, 2.05) is 18.9 Å². The van der Waals surface area contributed by atoms with Crippen molar-refractivity contribution in [2.45, 2.75) is 32.1 Å². The van der Waals surface area contributed by atoms with Gasteiger partial charge in [-0.25, -0.2) is 0 Å². The van der Waals surface area contributed by atoms with E-state index in [1.54, 1.807) is 0 Å². The number of hydrogen-bond acceptors (Lipinski definition) is 5. The van der Waals surface area contributed by atoms with Crippen LogP contribution in [0.15, 0.2) is 4.52 Å². The Kier molecular flexibility index (Phi) is 3.74. The van der Waals surface area contributed by atoms with Crippen molar-refractivity contribution in [1.29, 1.82) is 0 Å². The maximum atomic E-state index is 12.1. The van der Waals surface area contributed by atoms with Gasteiger partial charge in [0.25, 0.3) is 0 Å². The zero-order chi connectivity index (χ0) is 14.1. The largest absolute Gasteiger partial charge is 0.344 e. The molecule has 6 nitrogen and oxygen atoms in total. The van der Waals surface area contributed by atoms with Crippen LogP contribution in [0.3, 0.4) is 0 Å². The normalized spacial score (nSPS) is 23.2. The molecule has 20 heavy (non-hydrogen) atoms.